The molecule has 0 saturated carbocycles. The van der Waals surface area contributed by atoms with Gasteiger partial charge in [0.05, 0.1) is 13.2 Å². The maximum atomic E-state index is 12.2. The van der Waals surface area contributed by atoms with E-state index in [1.165, 1.54) is 0 Å². The molecule has 1 atom stereocenters. The van der Waals surface area contributed by atoms with Crippen LogP contribution >= 0.6 is 23.4 Å². The first-order chi connectivity index (χ1) is 10.2. The fraction of sp³-hybridized carbons (Fsp3) is 0.562. The lowest BCUT2D eigenvalue weighted by Gasteiger charge is -2.33. The van der Waals surface area contributed by atoms with Crippen LogP contribution < -0.4 is 0 Å². The Hall–Kier alpha value is -0.710. The first-order valence-corrected chi connectivity index (χ1v) is 9.11. The summed E-state index contributed by atoms with van der Waals surface area (Å²) in [4.78, 5) is 14.2. The molecule has 116 valence electrons. The number of hydrogen-bond donors (Lipinski definition) is 0. The van der Waals surface area contributed by atoms with E-state index in [0.717, 1.165) is 24.2 Å². The van der Waals surface area contributed by atoms with E-state index in [1.54, 1.807) is 0 Å². The number of ether oxygens (including phenoxy) is 1. The van der Waals surface area contributed by atoms with Crippen molar-refractivity contribution >= 4 is 29.3 Å². The van der Waals surface area contributed by atoms with Crippen molar-refractivity contribution in [2.75, 3.05) is 31.7 Å². The molecule has 1 unspecified atom stereocenters. The second-order valence-electron chi connectivity index (χ2n) is 5.20. The minimum atomic E-state index is -0.0624. The van der Waals surface area contributed by atoms with Gasteiger partial charge in [-0.05, 0) is 42.5 Å². The lowest BCUT2D eigenvalue weighted by molar-refractivity contribution is -0.139. The van der Waals surface area contributed by atoms with Crippen LogP contribution in [0.15, 0.2) is 24.3 Å². The van der Waals surface area contributed by atoms with Gasteiger partial charge in [-0.2, -0.15) is 11.8 Å². The summed E-state index contributed by atoms with van der Waals surface area (Å²) < 4.78 is 5.79. The Morgan fingerprint density at radius 2 is 2.33 bits per heavy atom. The lowest BCUT2D eigenvalue weighted by Crippen LogP contribution is -2.42. The molecule has 1 aliphatic heterocycles. The van der Waals surface area contributed by atoms with Crippen molar-refractivity contribution in [3.05, 3.63) is 34.9 Å². The van der Waals surface area contributed by atoms with Crippen LogP contribution in [0.1, 0.15) is 30.9 Å². The molecule has 0 spiro atoms. The maximum absolute atomic E-state index is 12.2. The Morgan fingerprint density at radius 1 is 1.48 bits per heavy atom. The molecule has 1 fully saturated rings. The van der Waals surface area contributed by atoms with Crippen LogP contribution in [-0.2, 0) is 9.53 Å². The van der Waals surface area contributed by atoms with Crippen molar-refractivity contribution in [3.63, 3.8) is 0 Å². The number of thioether (sulfide) groups is 1. The fourth-order valence-electron chi connectivity index (χ4n) is 2.47. The molecule has 3 nitrogen and oxygen atoms in total. The van der Waals surface area contributed by atoms with E-state index < -0.39 is 0 Å². The second kappa shape index (κ2) is 8.66. The molecule has 1 heterocycles. The summed E-state index contributed by atoms with van der Waals surface area (Å²) in [5, 5.41) is 0.705. The van der Waals surface area contributed by atoms with Gasteiger partial charge in [0, 0.05) is 18.0 Å². The maximum Gasteiger partial charge on any atom is 0.222 e. The Balaban J connectivity index is 1.87. The number of rotatable bonds is 6. The largest absolute Gasteiger partial charge is 0.370 e. The van der Waals surface area contributed by atoms with Gasteiger partial charge in [0.15, 0.2) is 0 Å². The summed E-state index contributed by atoms with van der Waals surface area (Å²) in [5.74, 6) is 1.37. The molecule has 1 aromatic rings. The predicted octanol–water partition coefficient (Wildman–Crippen LogP) is 3.77. The monoisotopic (exact) mass is 327 g/mol. The first kappa shape index (κ1) is 16.7. The van der Waals surface area contributed by atoms with Crippen molar-refractivity contribution in [1.29, 1.82) is 0 Å². The topological polar surface area (TPSA) is 29.5 Å². The summed E-state index contributed by atoms with van der Waals surface area (Å²) in [5.41, 5.74) is 1.04. The van der Waals surface area contributed by atoms with Crippen LogP contribution in [0.3, 0.4) is 0 Å². The van der Waals surface area contributed by atoms with Gasteiger partial charge in [-0.25, -0.2) is 0 Å². The highest BCUT2D eigenvalue weighted by molar-refractivity contribution is 7.98. The summed E-state index contributed by atoms with van der Waals surface area (Å²) in [6.07, 6.45) is 4.75. The zero-order valence-corrected chi connectivity index (χ0v) is 14.0. The number of unbranched alkanes of at least 4 members (excludes halogenated alkanes) is 1. The number of morpholine rings is 1. The molecule has 5 heteroatoms. The smallest absolute Gasteiger partial charge is 0.222 e. The summed E-state index contributed by atoms with van der Waals surface area (Å²) in [7, 11) is 0. The minimum absolute atomic E-state index is 0.0624. The quantitative estimate of drug-likeness (QED) is 0.745. The van der Waals surface area contributed by atoms with Crippen LogP contribution in [0.2, 0.25) is 5.02 Å². The van der Waals surface area contributed by atoms with E-state index in [9.17, 15) is 4.79 Å². The normalized spacial score (nSPS) is 18.8. The molecule has 0 aliphatic carbocycles. The average Bonchev–Trinajstić information content (AvgIpc) is 2.51. The number of benzene rings is 1. The van der Waals surface area contributed by atoms with E-state index in [2.05, 4.69) is 6.26 Å². The molecule has 0 aromatic heterocycles. The van der Waals surface area contributed by atoms with Gasteiger partial charge in [-0.1, -0.05) is 23.7 Å². The third kappa shape index (κ3) is 5.20. The van der Waals surface area contributed by atoms with Gasteiger partial charge in [-0.3, -0.25) is 4.79 Å². The van der Waals surface area contributed by atoms with Gasteiger partial charge in [-0.15, -0.1) is 0 Å². The molecular formula is C16H22ClNO2S. The number of carbonyl (C=O) groups is 1. The van der Waals surface area contributed by atoms with Crippen molar-refractivity contribution in [2.45, 2.75) is 25.4 Å². The fourth-order valence-corrected chi connectivity index (χ4v) is 3.16. The van der Waals surface area contributed by atoms with E-state index in [-0.39, 0.29) is 12.0 Å². The van der Waals surface area contributed by atoms with Crippen molar-refractivity contribution in [1.82, 2.24) is 4.90 Å². The molecule has 21 heavy (non-hydrogen) atoms. The van der Waals surface area contributed by atoms with E-state index in [1.807, 2.05) is 40.9 Å². The molecule has 1 saturated heterocycles. The van der Waals surface area contributed by atoms with Crippen LogP contribution in [0.25, 0.3) is 0 Å². The van der Waals surface area contributed by atoms with Gasteiger partial charge in [0.25, 0.3) is 0 Å². The zero-order valence-electron chi connectivity index (χ0n) is 12.4. The molecule has 2 rings (SSSR count). The van der Waals surface area contributed by atoms with Gasteiger partial charge in [0.2, 0.25) is 5.91 Å². The molecule has 1 aromatic carbocycles. The average molecular weight is 328 g/mol. The van der Waals surface area contributed by atoms with Gasteiger partial charge >= 0.3 is 0 Å². The van der Waals surface area contributed by atoms with Crippen molar-refractivity contribution in [2.24, 2.45) is 0 Å². The number of carbonyl (C=O) groups excluding carboxylic acids is 1. The Bertz CT molecular complexity index is 469. The standard InChI is InChI=1S/C16H22ClNO2S/c1-21-10-3-2-7-16(19)18-8-9-20-15(12-18)13-5-4-6-14(17)11-13/h4-6,11,15H,2-3,7-10,12H2,1H3. The van der Waals surface area contributed by atoms with E-state index >= 15 is 0 Å². The Morgan fingerprint density at radius 3 is 3.10 bits per heavy atom. The molecule has 1 amide bonds. The third-order valence-electron chi connectivity index (χ3n) is 3.63. The molecule has 0 radical (unpaired) electrons. The van der Waals surface area contributed by atoms with Crippen molar-refractivity contribution in [3.8, 4) is 0 Å². The minimum Gasteiger partial charge on any atom is -0.370 e. The predicted molar refractivity (Wildman–Crippen MR) is 89.0 cm³/mol. The highest BCUT2D eigenvalue weighted by Gasteiger charge is 2.25. The summed E-state index contributed by atoms with van der Waals surface area (Å²) in [6, 6.07) is 7.69. The third-order valence-corrected chi connectivity index (χ3v) is 4.56. The Kier molecular flexibility index (Phi) is 6.87. The number of amides is 1. The lowest BCUT2D eigenvalue weighted by atomic mass is 10.1. The Labute approximate surface area is 136 Å². The first-order valence-electron chi connectivity index (χ1n) is 7.34. The zero-order chi connectivity index (χ0) is 15.1. The summed E-state index contributed by atoms with van der Waals surface area (Å²) in [6.45, 7) is 1.91. The molecular weight excluding hydrogens is 306 g/mol. The molecule has 0 bridgehead atoms. The van der Waals surface area contributed by atoms with E-state index in [0.29, 0.717) is 31.1 Å². The molecule has 0 N–H and O–H groups in total. The number of halogens is 1. The van der Waals surface area contributed by atoms with Crippen LogP contribution in [0.5, 0.6) is 0 Å². The van der Waals surface area contributed by atoms with Crippen LogP contribution in [0.4, 0.5) is 0 Å². The number of nitrogens with zero attached hydrogens (tertiary/aromatic N) is 1. The highest BCUT2D eigenvalue weighted by Crippen LogP contribution is 2.25. The van der Waals surface area contributed by atoms with Gasteiger partial charge < -0.3 is 9.64 Å². The van der Waals surface area contributed by atoms with Crippen LogP contribution in [0, 0.1) is 0 Å². The molecule has 1 aliphatic rings. The van der Waals surface area contributed by atoms with Crippen molar-refractivity contribution < 1.29 is 9.53 Å². The SMILES string of the molecule is CSCCCCC(=O)N1CCOC(c2cccc(Cl)c2)C1. The summed E-state index contributed by atoms with van der Waals surface area (Å²) >= 11 is 7.85. The van der Waals surface area contributed by atoms with Crippen LogP contribution in [-0.4, -0.2) is 42.5 Å². The second-order valence-corrected chi connectivity index (χ2v) is 6.63. The van der Waals surface area contributed by atoms with E-state index in [4.69, 9.17) is 16.3 Å². The highest BCUT2D eigenvalue weighted by atomic mass is 35.5. The number of hydrogen-bond acceptors (Lipinski definition) is 3. The van der Waals surface area contributed by atoms with Gasteiger partial charge in [0.1, 0.15) is 6.10 Å².